The van der Waals surface area contributed by atoms with Crippen LogP contribution in [0.3, 0.4) is 0 Å². The minimum atomic E-state index is -1.25. The van der Waals surface area contributed by atoms with E-state index in [1.165, 1.54) is 11.8 Å². The number of hydrogen-bond donors (Lipinski definition) is 5. The number of nitrogens with one attached hydrogen (secondary N) is 3. The van der Waals surface area contributed by atoms with Gasteiger partial charge in [0, 0.05) is 13.0 Å². The summed E-state index contributed by atoms with van der Waals surface area (Å²) in [5, 5.41) is 25.7. The first-order chi connectivity index (χ1) is 13.7. The predicted molar refractivity (Wildman–Crippen MR) is 99.8 cm³/mol. The fourth-order valence-corrected chi connectivity index (χ4v) is 3.58. The van der Waals surface area contributed by atoms with E-state index in [2.05, 4.69) is 16.0 Å². The van der Waals surface area contributed by atoms with E-state index in [1.54, 1.807) is 0 Å². The Bertz CT molecular complexity index is 663. The van der Waals surface area contributed by atoms with Gasteiger partial charge in [-0.25, -0.2) is 0 Å². The Balaban J connectivity index is 2.04. The first-order valence-corrected chi connectivity index (χ1v) is 9.80. The fourth-order valence-electron chi connectivity index (χ4n) is 3.58. The van der Waals surface area contributed by atoms with Gasteiger partial charge in [0.15, 0.2) is 0 Å². The zero-order valence-electron chi connectivity index (χ0n) is 16.3. The van der Waals surface area contributed by atoms with E-state index in [-0.39, 0.29) is 24.8 Å². The van der Waals surface area contributed by atoms with Gasteiger partial charge in [0.1, 0.15) is 18.1 Å². The molecule has 2 fully saturated rings. The van der Waals surface area contributed by atoms with E-state index in [0.717, 1.165) is 13.0 Å². The molecule has 0 aromatic heterocycles. The van der Waals surface area contributed by atoms with Crippen LogP contribution in [0.25, 0.3) is 0 Å². The molecule has 2 heterocycles. The first-order valence-electron chi connectivity index (χ1n) is 9.80. The normalized spacial score (nSPS) is 23.3. The highest BCUT2D eigenvalue weighted by molar-refractivity contribution is 5.94. The Labute approximate surface area is 168 Å². The lowest BCUT2D eigenvalue weighted by molar-refractivity contribution is -0.143. The van der Waals surface area contributed by atoms with Crippen LogP contribution >= 0.6 is 0 Å². The van der Waals surface area contributed by atoms with Crippen molar-refractivity contribution in [3.05, 3.63) is 0 Å². The number of carbonyl (C=O) groups excluding carboxylic acids is 3. The minimum Gasteiger partial charge on any atom is -0.481 e. The van der Waals surface area contributed by atoms with Crippen LogP contribution in [-0.4, -0.2) is 82.0 Å². The van der Waals surface area contributed by atoms with E-state index >= 15 is 0 Å². The molecule has 4 unspecified atom stereocenters. The van der Waals surface area contributed by atoms with E-state index in [1.807, 2.05) is 0 Å². The lowest BCUT2D eigenvalue weighted by Crippen LogP contribution is -2.56. The summed E-state index contributed by atoms with van der Waals surface area (Å²) in [7, 11) is 0. The first kappa shape index (κ1) is 22.6. The molecule has 5 N–H and O–H groups in total. The fraction of sp³-hybridized carbons (Fsp3) is 0.722. The molecule has 0 saturated carbocycles. The van der Waals surface area contributed by atoms with Crippen molar-refractivity contribution >= 4 is 29.7 Å². The van der Waals surface area contributed by atoms with Crippen LogP contribution in [0.15, 0.2) is 0 Å². The molecule has 0 aromatic carbocycles. The number of carboxylic acid groups (broad SMARTS) is 2. The Morgan fingerprint density at radius 1 is 1.10 bits per heavy atom. The van der Waals surface area contributed by atoms with Gasteiger partial charge in [0.2, 0.25) is 17.7 Å². The van der Waals surface area contributed by atoms with Crippen molar-refractivity contribution in [1.29, 1.82) is 0 Å². The van der Waals surface area contributed by atoms with Crippen molar-refractivity contribution < 1.29 is 34.2 Å². The second-order valence-electron chi connectivity index (χ2n) is 7.40. The molecule has 0 spiro atoms. The standard InChI is InChI=1S/C18H28N4O7/c1-10(18(28)29)20-15(25)11(6-7-14(23)24)21-16(26)13-5-3-9-22(13)17(27)12-4-2-8-19-12/h10-13,19H,2-9H2,1H3,(H,20,25)(H,21,26)(H,23,24)(H,28,29). The van der Waals surface area contributed by atoms with Crippen molar-refractivity contribution in [3.8, 4) is 0 Å². The molecule has 0 aliphatic carbocycles. The highest BCUT2D eigenvalue weighted by atomic mass is 16.4. The van der Waals surface area contributed by atoms with Crippen molar-refractivity contribution in [2.24, 2.45) is 0 Å². The molecule has 0 aromatic rings. The SMILES string of the molecule is CC(NC(=O)C(CCC(=O)O)NC(=O)C1CCCN1C(=O)C1CCCN1)C(=O)O. The molecule has 4 atom stereocenters. The van der Waals surface area contributed by atoms with Crippen molar-refractivity contribution in [1.82, 2.24) is 20.9 Å². The number of carboxylic acids is 2. The number of likely N-dealkylation sites (tertiary alicyclic amines) is 1. The molecule has 11 heteroatoms. The molecular formula is C18H28N4O7. The van der Waals surface area contributed by atoms with E-state index < -0.39 is 41.9 Å². The maximum Gasteiger partial charge on any atom is 0.325 e. The minimum absolute atomic E-state index is 0.147. The monoisotopic (exact) mass is 412 g/mol. The number of amides is 3. The highest BCUT2D eigenvalue weighted by Gasteiger charge is 2.39. The summed E-state index contributed by atoms with van der Waals surface area (Å²) in [5.41, 5.74) is 0. The topological polar surface area (TPSA) is 165 Å². The smallest absolute Gasteiger partial charge is 0.325 e. The highest BCUT2D eigenvalue weighted by Crippen LogP contribution is 2.21. The summed E-state index contributed by atoms with van der Waals surface area (Å²) in [4.78, 5) is 61.2. The van der Waals surface area contributed by atoms with Gasteiger partial charge < -0.3 is 31.1 Å². The number of carbonyl (C=O) groups is 5. The Hall–Kier alpha value is -2.69. The van der Waals surface area contributed by atoms with Gasteiger partial charge in [0.05, 0.1) is 6.04 Å². The van der Waals surface area contributed by atoms with Crippen LogP contribution in [0.1, 0.15) is 45.4 Å². The third kappa shape index (κ3) is 6.14. The molecule has 29 heavy (non-hydrogen) atoms. The lowest BCUT2D eigenvalue weighted by Gasteiger charge is -2.28. The molecule has 11 nitrogen and oxygen atoms in total. The van der Waals surface area contributed by atoms with Crippen molar-refractivity contribution in [2.75, 3.05) is 13.1 Å². The van der Waals surface area contributed by atoms with Crippen molar-refractivity contribution in [2.45, 2.75) is 69.6 Å². The number of nitrogens with zero attached hydrogens (tertiary/aromatic N) is 1. The zero-order chi connectivity index (χ0) is 21.6. The number of hydrogen-bond acceptors (Lipinski definition) is 6. The summed E-state index contributed by atoms with van der Waals surface area (Å²) in [6.07, 6.45) is 2.13. The van der Waals surface area contributed by atoms with Crippen LogP contribution in [0.5, 0.6) is 0 Å². The van der Waals surface area contributed by atoms with Gasteiger partial charge in [-0.3, -0.25) is 24.0 Å². The largest absolute Gasteiger partial charge is 0.481 e. The Kier molecular flexibility index (Phi) is 7.94. The third-order valence-corrected chi connectivity index (χ3v) is 5.21. The maximum absolute atomic E-state index is 12.8. The molecule has 0 radical (unpaired) electrons. The average molecular weight is 412 g/mol. The van der Waals surface area contributed by atoms with E-state index in [9.17, 15) is 24.0 Å². The maximum atomic E-state index is 12.8. The van der Waals surface area contributed by atoms with Gasteiger partial charge in [-0.2, -0.15) is 0 Å². The van der Waals surface area contributed by atoms with E-state index in [4.69, 9.17) is 10.2 Å². The summed E-state index contributed by atoms with van der Waals surface area (Å²) < 4.78 is 0. The van der Waals surface area contributed by atoms with Crippen LogP contribution in [0, 0.1) is 0 Å². The third-order valence-electron chi connectivity index (χ3n) is 5.21. The van der Waals surface area contributed by atoms with E-state index in [0.29, 0.717) is 25.8 Å². The van der Waals surface area contributed by atoms with Gasteiger partial charge >= 0.3 is 11.9 Å². The molecule has 2 aliphatic rings. The number of aliphatic carboxylic acids is 2. The molecule has 162 valence electrons. The summed E-state index contributed by atoms with van der Waals surface area (Å²) in [5.74, 6) is -3.86. The van der Waals surface area contributed by atoms with Crippen LogP contribution in [0.4, 0.5) is 0 Å². The molecule has 3 amide bonds. The van der Waals surface area contributed by atoms with Gasteiger partial charge in [-0.05, 0) is 45.6 Å². The molecular weight excluding hydrogens is 384 g/mol. The Morgan fingerprint density at radius 2 is 1.83 bits per heavy atom. The average Bonchev–Trinajstić information content (AvgIpc) is 3.35. The lowest BCUT2D eigenvalue weighted by atomic mass is 10.1. The summed E-state index contributed by atoms with van der Waals surface area (Å²) in [6.45, 7) is 2.46. The summed E-state index contributed by atoms with van der Waals surface area (Å²) in [6, 6.07) is -3.44. The number of rotatable bonds is 9. The molecule has 2 rings (SSSR count). The van der Waals surface area contributed by atoms with Gasteiger partial charge in [0.25, 0.3) is 0 Å². The molecule has 2 aliphatic heterocycles. The van der Waals surface area contributed by atoms with Gasteiger partial charge in [-0.1, -0.05) is 0 Å². The van der Waals surface area contributed by atoms with Crippen LogP contribution < -0.4 is 16.0 Å². The second kappa shape index (κ2) is 10.2. The second-order valence-corrected chi connectivity index (χ2v) is 7.40. The van der Waals surface area contributed by atoms with Crippen LogP contribution in [-0.2, 0) is 24.0 Å². The Morgan fingerprint density at radius 3 is 2.41 bits per heavy atom. The van der Waals surface area contributed by atoms with Gasteiger partial charge in [-0.15, -0.1) is 0 Å². The zero-order valence-corrected chi connectivity index (χ0v) is 16.3. The quantitative estimate of drug-likeness (QED) is 0.311. The molecule has 2 saturated heterocycles. The van der Waals surface area contributed by atoms with Crippen molar-refractivity contribution in [3.63, 3.8) is 0 Å². The van der Waals surface area contributed by atoms with Crippen LogP contribution in [0.2, 0.25) is 0 Å². The predicted octanol–water partition coefficient (Wildman–Crippen LogP) is -1.33. The summed E-state index contributed by atoms with van der Waals surface area (Å²) >= 11 is 0. The molecule has 0 bridgehead atoms.